The van der Waals surface area contributed by atoms with Gasteiger partial charge in [0, 0.05) is 30.4 Å². The molecule has 1 aromatic carbocycles. The molecule has 0 aliphatic rings. The summed E-state index contributed by atoms with van der Waals surface area (Å²) in [6.07, 6.45) is 1.61. The first-order valence-electron chi connectivity index (χ1n) is 7.16. The lowest BCUT2D eigenvalue weighted by molar-refractivity contribution is 0.516. The topological polar surface area (TPSA) is 53.2 Å². The monoisotopic (exact) mass is 334 g/mol. The minimum atomic E-state index is -3.50. The number of aryl methyl sites for hydroxylation is 2. The van der Waals surface area contributed by atoms with E-state index in [2.05, 4.69) is 16.9 Å². The highest BCUT2D eigenvalue weighted by atomic mass is 32.2. The van der Waals surface area contributed by atoms with E-state index >= 15 is 0 Å². The largest absolute Gasteiger partial charge is 0.362 e. The smallest absolute Gasteiger partial charge is 0.238 e. The molecule has 0 saturated carbocycles. The molecule has 122 valence electrons. The van der Waals surface area contributed by atoms with Crippen molar-refractivity contribution in [3.8, 4) is 12.0 Å². The maximum Gasteiger partial charge on any atom is 0.238 e. The predicted octanol–water partition coefficient (Wildman–Crippen LogP) is 2.58. The van der Waals surface area contributed by atoms with Crippen molar-refractivity contribution in [3.63, 3.8) is 0 Å². The average Bonchev–Trinajstić information content (AvgIpc) is 2.77. The molecule has 0 unspecified atom stereocenters. The SMILES string of the molecule is Cc1cc(C)c(CCN(C#Cc2ccccc2F)S(C)(=O)=O)[nH]1. The minimum Gasteiger partial charge on any atom is -0.362 e. The third kappa shape index (κ3) is 4.60. The van der Waals surface area contributed by atoms with Crippen molar-refractivity contribution in [3.05, 3.63) is 58.7 Å². The number of sulfonamides is 1. The van der Waals surface area contributed by atoms with Crippen LogP contribution >= 0.6 is 0 Å². The van der Waals surface area contributed by atoms with Gasteiger partial charge in [-0.2, -0.15) is 0 Å². The summed E-state index contributed by atoms with van der Waals surface area (Å²) in [4.78, 5) is 3.20. The van der Waals surface area contributed by atoms with Crippen LogP contribution in [0.3, 0.4) is 0 Å². The summed E-state index contributed by atoms with van der Waals surface area (Å²) in [6.45, 7) is 4.12. The highest BCUT2D eigenvalue weighted by molar-refractivity contribution is 7.88. The van der Waals surface area contributed by atoms with Gasteiger partial charge in [0.2, 0.25) is 10.0 Å². The average molecular weight is 334 g/mol. The molecule has 1 N–H and O–H groups in total. The molecule has 2 aromatic rings. The number of H-pyrrole nitrogens is 1. The summed E-state index contributed by atoms with van der Waals surface area (Å²) >= 11 is 0. The quantitative estimate of drug-likeness (QED) is 0.690. The van der Waals surface area contributed by atoms with Gasteiger partial charge in [0.05, 0.1) is 11.8 Å². The Balaban J connectivity index is 2.19. The van der Waals surface area contributed by atoms with Gasteiger partial charge in [0.15, 0.2) is 0 Å². The molecule has 0 aliphatic heterocycles. The van der Waals surface area contributed by atoms with Gasteiger partial charge in [-0.1, -0.05) is 12.1 Å². The molecule has 2 rings (SSSR count). The Hall–Kier alpha value is -2.26. The van der Waals surface area contributed by atoms with Crippen molar-refractivity contribution >= 4 is 10.0 Å². The van der Waals surface area contributed by atoms with Crippen molar-refractivity contribution in [1.29, 1.82) is 0 Å². The zero-order valence-electron chi connectivity index (χ0n) is 13.4. The molecule has 1 aromatic heterocycles. The van der Waals surface area contributed by atoms with Crippen molar-refractivity contribution in [2.45, 2.75) is 20.3 Å². The maximum absolute atomic E-state index is 13.6. The highest BCUT2D eigenvalue weighted by Crippen LogP contribution is 2.11. The number of benzene rings is 1. The molecule has 0 aliphatic carbocycles. The van der Waals surface area contributed by atoms with Gasteiger partial charge >= 0.3 is 0 Å². The third-order valence-electron chi connectivity index (χ3n) is 3.41. The summed E-state index contributed by atoms with van der Waals surface area (Å²) in [5, 5.41) is 0. The lowest BCUT2D eigenvalue weighted by Gasteiger charge is -2.14. The van der Waals surface area contributed by atoms with Gasteiger partial charge in [0.1, 0.15) is 5.82 Å². The zero-order chi connectivity index (χ0) is 17.0. The Morgan fingerprint density at radius 2 is 1.96 bits per heavy atom. The van der Waals surface area contributed by atoms with Crippen LogP contribution < -0.4 is 0 Å². The fourth-order valence-corrected chi connectivity index (χ4v) is 2.88. The zero-order valence-corrected chi connectivity index (χ0v) is 14.2. The van der Waals surface area contributed by atoms with Crippen molar-refractivity contribution < 1.29 is 12.8 Å². The minimum absolute atomic E-state index is 0.174. The number of hydrogen-bond donors (Lipinski definition) is 1. The van der Waals surface area contributed by atoms with Crippen LogP contribution in [-0.4, -0.2) is 30.5 Å². The van der Waals surface area contributed by atoms with Crippen LogP contribution in [0.15, 0.2) is 30.3 Å². The van der Waals surface area contributed by atoms with E-state index in [0.717, 1.165) is 27.5 Å². The molecule has 4 nitrogen and oxygen atoms in total. The second-order valence-electron chi connectivity index (χ2n) is 5.42. The van der Waals surface area contributed by atoms with Crippen LogP contribution in [0.25, 0.3) is 0 Å². The number of aromatic nitrogens is 1. The Morgan fingerprint density at radius 3 is 2.52 bits per heavy atom. The van der Waals surface area contributed by atoms with Crippen LogP contribution in [0.4, 0.5) is 4.39 Å². The fourth-order valence-electron chi connectivity index (χ4n) is 2.25. The second kappa shape index (κ2) is 6.88. The second-order valence-corrected chi connectivity index (χ2v) is 7.32. The number of hydrogen-bond acceptors (Lipinski definition) is 2. The standard InChI is InChI=1S/C17H19FN2O2S/c1-13-12-14(2)19-17(13)9-11-20(23(3,21)22)10-8-15-6-4-5-7-16(15)18/h4-7,12,19H,9,11H2,1-3H3. The molecule has 0 spiro atoms. The molecule has 0 bridgehead atoms. The first-order chi connectivity index (χ1) is 10.8. The molecule has 0 atom stereocenters. The molecule has 1 heterocycles. The summed E-state index contributed by atoms with van der Waals surface area (Å²) in [5.74, 6) is 2.12. The molecule has 0 amide bonds. The number of aromatic amines is 1. The normalized spacial score (nSPS) is 11.0. The van der Waals surface area contributed by atoms with E-state index in [-0.39, 0.29) is 12.1 Å². The number of nitrogens with one attached hydrogen (secondary N) is 1. The Labute approximate surface area is 136 Å². The summed E-state index contributed by atoms with van der Waals surface area (Å²) < 4.78 is 38.4. The molecular weight excluding hydrogens is 315 g/mol. The Morgan fingerprint density at radius 1 is 1.26 bits per heavy atom. The molecule has 0 fully saturated rings. The Bertz CT molecular complexity index is 860. The Kier molecular flexibility index (Phi) is 5.12. The fraction of sp³-hybridized carbons (Fsp3) is 0.294. The first kappa shape index (κ1) is 17.1. The van der Waals surface area contributed by atoms with Crippen molar-refractivity contribution in [2.24, 2.45) is 0 Å². The van der Waals surface area contributed by atoms with Gasteiger partial charge in [-0.05, 0) is 43.5 Å². The number of nitrogens with zero attached hydrogens (tertiary/aromatic N) is 1. The summed E-state index contributed by atoms with van der Waals surface area (Å²) in [7, 11) is -3.50. The van der Waals surface area contributed by atoms with Crippen LogP contribution in [-0.2, 0) is 16.4 Å². The maximum atomic E-state index is 13.6. The third-order valence-corrected chi connectivity index (χ3v) is 4.49. The molecule has 23 heavy (non-hydrogen) atoms. The first-order valence-corrected chi connectivity index (χ1v) is 9.01. The number of halogens is 1. The van der Waals surface area contributed by atoms with Crippen LogP contribution in [0.5, 0.6) is 0 Å². The van der Waals surface area contributed by atoms with Crippen LogP contribution in [0, 0.1) is 31.6 Å². The molecule has 6 heteroatoms. The van der Waals surface area contributed by atoms with Gasteiger partial charge in [-0.15, -0.1) is 0 Å². The van der Waals surface area contributed by atoms with Crippen LogP contribution in [0.2, 0.25) is 0 Å². The van der Waals surface area contributed by atoms with E-state index in [0.29, 0.717) is 6.42 Å². The van der Waals surface area contributed by atoms with E-state index < -0.39 is 15.8 Å². The summed E-state index contributed by atoms with van der Waals surface area (Å²) in [5.41, 5.74) is 3.26. The molecular formula is C17H19FN2O2S. The highest BCUT2D eigenvalue weighted by Gasteiger charge is 2.14. The van der Waals surface area contributed by atoms with Gasteiger partial charge in [-0.25, -0.2) is 17.1 Å². The lowest BCUT2D eigenvalue weighted by Crippen LogP contribution is -2.27. The van der Waals surface area contributed by atoms with Crippen molar-refractivity contribution in [1.82, 2.24) is 9.29 Å². The van der Waals surface area contributed by atoms with E-state index in [1.54, 1.807) is 12.1 Å². The summed E-state index contributed by atoms with van der Waals surface area (Å²) in [6, 6.07) is 10.6. The van der Waals surface area contributed by atoms with E-state index in [4.69, 9.17) is 0 Å². The number of rotatable bonds is 4. The predicted molar refractivity (Wildman–Crippen MR) is 88.8 cm³/mol. The van der Waals surface area contributed by atoms with E-state index in [1.807, 2.05) is 19.9 Å². The van der Waals surface area contributed by atoms with Gasteiger partial charge in [0.25, 0.3) is 0 Å². The van der Waals surface area contributed by atoms with Crippen LogP contribution in [0.1, 0.15) is 22.5 Å². The van der Waals surface area contributed by atoms with E-state index in [1.165, 1.54) is 12.1 Å². The van der Waals surface area contributed by atoms with E-state index in [9.17, 15) is 12.8 Å². The van der Waals surface area contributed by atoms with Gasteiger partial charge < -0.3 is 4.98 Å². The molecule has 0 radical (unpaired) electrons. The van der Waals surface area contributed by atoms with Gasteiger partial charge in [-0.3, -0.25) is 0 Å². The molecule has 0 saturated heterocycles. The van der Waals surface area contributed by atoms with Crippen molar-refractivity contribution in [2.75, 3.05) is 12.8 Å². The lowest BCUT2D eigenvalue weighted by atomic mass is 10.2.